The average Bonchev–Trinajstić information content (AvgIpc) is 2.05. The van der Waals surface area contributed by atoms with Crippen LogP contribution in [0.4, 0.5) is 8.78 Å². The van der Waals surface area contributed by atoms with Crippen molar-refractivity contribution >= 4 is 5.71 Å². The number of rotatable bonds is 4. The van der Waals surface area contributed by atoms with Crippen molar-refractivity contribution in [3.05, 3.63) is 24.9 Å². The van der Waals surface area contributed by atoms with Crippen molar-refractivity contribution in [1.82, 2.24) is 0 Å². The van der Waals surface area contributed by atoms with Gasteiger partial charge in [0.2, 0.25) is 0 Å². The molecule has 0 saturated carbocycles. The molecule has 0 rings (SSSR count). The molecule has 68 valence electrons. The van der Waals surface area contributed by atoms with E-state index in [1.165, 1.54) is 12.3 Å². The van der Waals surface area contributed by atoms with Crippen LogP contribution in [0.1, 0.15) is 6.92 Å². The normalized spacial score (nSPS) is 13.8. The molecule has 0 aromatic carbocycles. The fourth-order valence-corrected chi connectivity index (χ4v) is 0.532. The SMILES string of the molecule is C=C/C(=N\C=C/C)C(F)(F)CO. The van der Waals surface area contributed by atoms with E-state index in [9.17, 15) is 8.78 Å². The first kappa shape index (κ1) is 11.0. The maximum Gasteiger partial charge on any atom is 0.312 e. The van der Waals surface area contributed by atoms with E-state index >= 15 is 0 Å². The Bertz CT molecular complexity index is 209. The number of aliphatic hydroxyl groups excluding tert-OH is 1. The zero-order valence-electron chi connectivity index (χ0n) is 6.80. The zero-order chi connectivity index (χ0) is 9.61. The number of nitrogens with zero attached hydrogens (tertiary/aromatic N) is 1. The highest BCUT2D eigenvalue weighted by Gasteiger charge is 2.32. The minimum Gasteiger partial charge on any atom is -0.390 e. The second kappa shape index (κ2) is 4.77. The first-order valence-corrected chi connectivity index (χ1v) is 3.39. The predicted octanol–water partition coefficient (Wildman–Crippen LogP) is 1.77. The molecular formula is C8H11F2NO. The molecule has 1 N–H and O–H groups in total. The number of alkyl halides is 2. The maximum absolute atomic E-state index is 12.7. The van der Waals surface area contributed by atoms with Crippen molar-refractivity contribution in [3.8, 4) is 0 Å². The number of hydrogen-bond acceptors (Lipinski definition) is 2. The molecule has 0 heterocycles. The lowest BCUT2D eigenvalue weighted by molar-refractivity contribution is 0.0148. The lowest BCUT2D eigenvalue weighted by atomic mass is 10.2. The highest BCUT2D eigenvalue weighted by Crippen LogP contribution is 2.15. The highest BCUT2D eigenvalue weighted by molar-refractivity contribution is 6.00. The van der Waals surface area contributed by atoms with Crippen LogP contribution in [0.15, 0.2) is 29.9 Å². The van der Waals surface area contributed by atoms with E-state index in [4.69, 9.17) is 5.11 Å². The highest BCUT2D eigenvalue weighted by atomic mass is 19.3. The largest absolute Gasteiger partial charge is 0.390 e. The van der Waals surface area contributed by atoms with Gasteiger partial charge in [-0.15, -0.1) is 0 Å². The van der Waals surface area contributed by atoms with E-state index in [2.05, 4.69) is 11.6 Å². The van der Waals surface area contributed by atoms with Gasteiger partial charge in [-0.05, 0) is 13.0 Å². The Balaban J connectivity index is 4.65. The number of aliphatic imine (C=N–C) groups is 1. The van der Waals surface area contributed by atoms with Gasteiger partial charge in [-0.3, -0.25) is 4.99 Å². The van der Waals surface area contributed by atoms with Crippen LogP contribution in [-0.4, -0.2) is 23.3 Å². The van der Waals surface area contributed by atoms with Crippen molar-refractivity contribution in [2.45, 2.75) is 12.8 Å². The van der Waals surface area contributed by atoms with Crippen molar-refractivity contribution < 1.29 is 13.9 Å². The molecule has 0 aliphatic carbocycles. The summed E-state index contributed by atoms with van der Waals surface area (Å²) < 4.78 is 25.3. The Hall–Kier alpha value is -1.03. The van der Waals surface area contributed by atoms with Crippen LogP contribution in [0.25, 0.3) is 0 Å². The topological polar surface area (TPSA) is 32.6 Å². The van der Waals surface area contributed by atoms with Gasteiger partial charge in [0.1, 0.15) is 12.3 Å². The first-order chi connectivity index (χ1) is 5.58. The molecule has 0 amide bonds. The van der Waals surface area contributed by atoms with Crippen LogP contribution >= 0.6 is 0 Å². The van der Waals surface area contributed by atoms with Gasteiger partial charge in [0.05, 0.1) is 0 Å². The van der Waals surface area contributed by atoms with Crippen LogP contribution in [0.5, 0.6) is 0 Å². The molecule has 0 bridgehead atoms. The lowest BCUT2D eigenvalue weighted by Crippen LogP contribution is -2.31. The Morgan fingerprint density at radius 3 is 2.58 bits per heavy atom. The van der Waals surface area contributed by atoms with Gasteiger partial charge in [-0.1, -0.05) is 12.7 Å². The quantitative estimate of drug-likeness (QED) is 0.649. The summed E-state index contributed by atoms with van der Waals surface area (Å²) in [7, 11) is 0. The van der Waals surface area contributed by atoms with E-state index in [0.29, 0.717) is 0 Å². The average molecular weight is 175 g/mol. The zero-order valence-corrected chi connectivity index (χ0v) is 6.80. The third-order valence-electron chi connectivity index (χ3n) is 1.13. The summed E-state index contributed by atoms with van der Waals surface area (Å²) in [4.78, 5) is 3.41. The van der Waals surface area contributed by atoms with Gasteiger partial charge in [-0.2, -0.15) is 8.78 Å². The van der Waals surface area contributed by atoms with Crippen LogP contribution in [0, 0.1) is 0 Å². The van der Waals surface area contributed by atoms with Crippen molar-refractivity contribution in [2.75, 3.05) is 6.61 Å². The van der Waals surface area contributed by atoms with Gasteiger partial charge in [0, 0.05) is 6.20 Å². The van der Waals surface area contributed by atoms with Gasteiger partial charge >= 0.3 is 5.92 Å². The fourth-order valence-electron chi connectivity index (χ4n) is 0.532. The second-order valence-electron chi connectivity index (χ2n) is 2.06. The molecule has 0 aromatic rings. The summed E-state index contributed by atoms with van der Waals surface area (Å²) >= 11 is 0. The minimum absolute atomic E-state index is 0.525. The molecule has 4 heteroatoms. The van der Waals surface area contributed by atoms with Gasteiger partial charge in [0.15, 0.2) is 0 Å². The number of aliphatic hydroxyl groups is 1. The second-order valence-corrected chi connectivity index (χ2v) is 2.06. The summed E-state index contributed by atoms with van der Waals surface area (Å²) in [5.74, 6) is -3.30. The first-order valence-electron chi connectivity index (χ1n) is 3.39. The smallest absolute Gasteiger partial charge is 0.312 e. The van der Waals surface area contributed by atoms with Gasteiger partial charge in [-0.25, -0.2) is 0 Å². The van der Waals surface area contributed by atoms with E-state index < -0.39 is 18.2 Å². The molecular weight excluding hydrogens is 164 g/mol. The van der Waals surface area contributed by atoms with Crippen molar-refractivity contribution in [2.24, 2.45) is 4.99 Å². The molecule has 0 unspecified atom stereocenters. The standard InChI is InChI=1S/C8H11F2NO/c1-3-5-11-7(4-2)8(9,10)6-12/h3-5,12H,2,6H2,1H3/b5-3-,11-7+. The van der Waals surface area contributed by atoms with Crippen LogP contribution < -0.4 is 0 Å². The van der Waals surface area contributed by atoms with Crippen LogP contribution in [-0.2, 0) is 0 Å². The lowest BCUT2D eigenvalue weighted by Gasteiger charge is -2.11. The summed E-state index contributed by atoms with van der Waals surface area (Å²) in [6.07, 6.45) is 3.66. The molecule has 12 heavy (non-hydrogen) atoms. The molecule has 0 spiro atoms. The van der Waals surface area contributed by atoms with Crippen molar-refractivity contribution in [1.29, 1.82) is 0 Å². The van der Waals surface area contributed by atoms with E-state index in [-0.39, 0.29) is 0 Å². The molecule has 0 fully saturated rings. The molecule has 0 radical (unpaired) electrons. The summed E-state index contributed by atoms with van der Waals surface area (Å²) in [5, 5.41) is 8.29. The molecule has 0 aliphatic heterocycles. The van der Waals surface area contributed by atoms with Crippen LogP contribution in [0.3, 0.4) is 0 Å². The maximum atomic E-state index is 12.7. The summed E-state index contributed by atoms with van der Waals surface area (Å²) in [5.41, 5.74) is -0.525. The number of allylic oxidation sites excluding steroid dienone is 2. The molecule has 0 aliphatic rings. The van der Waals surface area contributed by atoms with E-state index in [0.717, 1.165) is 6.08 Å². The molecule has 0 saturated heterocycles. The number of halogens is 2. The minimum atomic E-state index is -3.30. The van der Waals surface area contributed by atoms with E-state index in [1.807, 2.05) is 0 Å². The molecule has 0 aromatic heterocycles. The Morgan fingerprint density at radius 2 is 2.25 bits per heavy atom. The Kier molecular flexibility index (Phi) is 4.36. The summed E-state index contributed by atoms with van der Waals surface area (Å²) in [6, 6.07) is 0. The number of hydrogen-bond donors (Lipinski definition) is 1. The third kappa shape index (κ3) is 2.92. The third-order valence-corrected chi connectivity index (χ3v) is 1.13. The Morgan fingerprint density at radius 1 is 1.67 bits per heavy atom. The Labute approximate surface area is 69.9 Å². The van der Waals surface area contributed by atoms with E-state index in [1.54, 1.807) is 6.92 Å². The monoisotopic (exact) mass is 175 g/mol. The van der Waals surface area contributed by atoms with Gasteiger partial charge in [0.25, 0.3) is 0 Å². The molecule has 0 atom stereocenters. The molecule has 2 nitrogen and oxygen atoms in total. The van der Waals surface area contributed by atoms with Crippen LogP contribution in [0.2, 0.25) is 0 Å². The van der Waals surface area contributed by atoms with Gasteiger partial charge < -0.3 is 5.11 Å². The predicted molar refractivity (Wildman–Crippen MR) is 44.5 cm³/mol. The van der Waals surface area contributed by atoms with Crippen molar-refractivity contribution in [3.63, 3.8) is 0 Å². The summed E-state index contributed by atoms with van der Waals surface area (Å²) in [6.45, 7) is 3.57. The fraction of sp³-hybridized carbons (Fsp3) is 0.375.